The summed E-state index contributed by atoms with van der Waals surface area (Å²) in [7, 11) is -2.30. The Labute approximate surface area is 223 Å². The van der Waals surface area contributed by atoms with Crippen LogP contribution < -0.4 is 5.50 Å². The minimum absolute atomic E-state index is 0.219. The fourth-order valence-electron chi connectivity index (χ4n) is 4.17. The Morgan fingerprint density at radius 3 is 1.86 bits per heavy atom. The van der Waals surface area contributed by atoms with Crippen LogP contribution in [0.25, 0.3) is 0 Å². The van der Waals surface area contributed by atoms with Crippen molar-refractivity contribution in [2.24, 2.45) is 0 Å². The topological polar surface area (TPSA) is 81.8 Å². The summed E-state index contributed by atoms with van der Waals surface area (Å²) in [6.45, 7) is 3.68. The molecule has 0 aromatic carbocycles. The largest absolute Gasteiger partial charge is 0.456 e. The molecule has 2 unspecified atom stereocenters. The maximum Gasteiger partial charge on any atom is 0.398 e. The molecule has 2 atom stereocenters. The zero-order chi connectivity index (χ0) is 26.3. The van der Waals surface area contributed by atoms with E-state index in [4.69, 9.17) is 13.5 Å². The van der Waals surface area contributed by atoms with Gasteiger partial charge in [0, 0.05) is 24.3 Å². The molecule has 0 fully saturated rings. The van der Waals surface area contributed by atoms with E-state index in [1.807, 2.05) is 11.4 Å². The van der Waals surface area contributed by atoms with Gasteiger partial charge in [0.1, 0.15) is 0 Å². The van der Waals surface area contributed by atoms with Gasteiger partial charge in [-0.05, 0) is 25.8 Å². The highest BCUT2D eigenvalue weighted by Gasteiger charge is 2.34. The maximum absolute atomic E-state index is 12.7. The second-order valence-corrected chi connectivity index (χ2v) is 12.1. The molecule has 6 nitrogen and oxygen atoms in total. The molecule has 0 saturated carbocycles. The molecule has 2 aromatic rings. The van der Waals surface area contributed by atoms with E-state index in [1.54, 1.807) is 23.0 Å². The molecule has 0 bridgehead atoms. The number of nitrogens with zero attached hydrogens (tertiary/aromatic N) is 1. The van der Waals surface area contributed by atoms with Crippen molar-refractivity contribution in [3.63, 3.8) is 0 Å². The van der Waals surface area contributed by atoms with Crippen LogP contribution in [0.15, 0.2) is 33.8 Å². The fourth-order valence-corrected chi connectivity index (χ4v) is 6.00. The van der Waals surface area contributed by atoms with Gasteiger partial charge in [0.2, 0.25) is 5.50 Å². The zero-order valence-electron chi connectivity index (χ0n) is 22.9. The first-order chi connectivity index (χ1) is 17.5. The summed E-state index contributed by atoms with van der Waals surface area (Å²) in [5, 5.41) is 11.3. The first kappa shape index (κ1) is 33.0. The summed E-state index contributed by atoms with van der Waals surface area (Å²) < 4.78 is 28.3. The van der Waals surface area contributed by atoms with E-state index in [9.17, 15) is 9.67 Å². The monoisotopic (exact) mass is 543 g/mol. The summed E-state index contributed by atoms with van der Waals surface area (Å²) >= 11 is 1.60. The van der Waals surface area contributed by atoms with Crippen LogP contribution in [0.2, 0.25) is 0 Å². The summed E-state index contributed by atoms with van der Waals surface area (Å²) in [5.74, 6) is 0. The zero-order valence-corrected chi connectivity index (χ0v) is 24.6. The van der Waals surface area contributed by atoms with E-state index in [0.29, 0.717) is 0 Å². The first-order valence-electron chi connectivity index (χ1n) is 13.9. The van der Waals surface area contributed by atoms with Gasteiger partial charge in [-0.3, -0.25) is 14.1 Å². The second kappa shape index (κ2) is 22.0. The summed E-state index contributed by atoms with van der Waals surface area (Å²) in [6.07, 6.45) is 24.3. The Hall–Kier alpha value is -0.980. The van der Waals surface area contributed by atoms with E-state index in [1.165, 1.54) is 110 Å². The lowest BCUT2D eigenvalue weighted by Crippen LogP contribution is -2.16. The number of rotatable bonds is 21. The van der Waals surface area contributed by atoms with Crippen molar-refractivity contribution in [2.45, 2.75) is 129 Å². The van der Waals surface area contributed by atoms with E-state index in [2.05, 4.69) is 11.9 Å². The number of aliphatic hydroxyl groups excluding tert-OH is 1. The van der Waals surface area contributed by atoms with Crippen LogP contribution in [0, 0.1) is 0 Å². The standard InChI is InChI=1S/C25H47O5P.C3H3NS/c1-4-5-6-7-8-9-10-11-12-13-14-15-16-17-18-19-20-24-21-22-29-25(24)31(27,28-3)30-23(2)26;1-2-5-3-4-1/h21-23,26H,4-20H2,1-3H3;1-3H. The number of aliphatic hydroxyl groups is 1. The summed E-state index contributed by atoms with van der Waals surface area (Å²) in [5.41, 5.74) is 2.85. The highest BCUT2D eigenvalue weighted by molar-refractivity contribution is 7.61. The van der Waals surface area contributed by atoms with E-state index in [-0.39, 0.29) is 5.50 Å². The maximum atomic E-state index is 12.7. The molecule has 8 heteroatoms. The van der Waals surface area contributed by atoms with Crippen LogP contribution in [0.5, 0.6) is 0 Å². The van der Waals surface area contributed by atoms with Gasteiger partial charge in [-0.15, -0.1) is 11.3 Å². The molecule has 0 spiro atoms. The Balaban J connectivity index is 0.00000115. The predicted octanol–water partition coefficient (Wildman–Crippen LogP) is 9.05. The summed E-state index contributed by atoms with van der Waals surface area (Å²) in [6, 6.07) is 1.82. The number of hydrogen-bond acceptors (Lipinski definition) is 7. The van der Waals surface area contributed by atoms with Crippen LogP contribution in [0.3, 0.4) is 0 Å². The molecule has 2 heterocycles. The smallest absolute Gasteiger partial charge is 0.398 e. The molecule has 2 aromatic heterocycles. The molecule has 208 valence electrons. The Morgan fingerprint density at radius 1 is 0.944 bits per heavy atom. The van der Waals surface area contributed by atoms with Crippen LogP contribution in [-0.4, -0.2) is 23.5 Å². The van der Waals surface area contributed by atoms with Gasteiger partial charge in [-0.25, -0.2) is 0 Å². The highest BCUT2D eigenvalue weighted by Crippen LogP contribution is 2.48. The van der Waals surface area contributed by atoms with E-state index >= 15 is 0 Å². The normalized spacial score (nSPS) is 13.7. The average Bonchev–Trinajstić information content (AvgIpc) is 3.59. The lowest BCUT2D eigenvalue weighted by atomic mass is 10.0. The third-order valence-electron chi connectivity index (χ3n) is 6.15. The predicted molar refractivity (Wildman–Crippen MR) is 151 cm³/mol. The van der Waals surface area contributed by atoms with Gasteiger partial charge in [-0.2, -0.15) is 0 Å². The van der Waals surface area contributed by atoms with Gasteiger partial charge in [0.05, 0.1) is 11.8 Å². The fraction of sp³-hybridized carbons (Fsp3) is 0.750. The van der Waals surface area contributed by atoms with Crippen molar-refractivity contribution < 1.29 is 23.1 Å². The van der Waals surface area contributed by atoms with Gasteiger partial charge in [0.25, 0.3) is 0 Å². The minimum Gasteiger partial charge on any atom is -0.456 e. The van der Waals surface area contributed by atoms with Crippen molar-refractivity contribution in [2.75, 3.05) is 7.11 Å². The molecule has 1 N–H and O–H groups in total. The van der Waals surface area contributed by atoms with E-state index < -0.39 is 13.9 Å². The van der Waals surface area contributed by atoms with Crippen LogP contribution in [0.1, 0.15) is 122 Å². The highest BCUT2D eigenvalue weighted by atomic mass is 32.1. The molecular weight excluding hydrogens is 493 g/mol. The van der Waals surface area contributed by atoms with Crippen molar-refractivity contribution >= 4 is 24.4 Å². The molecule has 0 aliphatic carbocycles. The summed E-state index contributed by atoms with van der Waals surface area (Å²) in [4.78, 5) is 3.74. The van der Waals surface area contributed by atoms with Gasteiger partial charge >= 0.3 is 7.60 Å². The second-order valence-electron chi connectivity index (χ2n) is 9.36. The molecule has 0 radical (unpaired) electrons. The Bertz CT molecular complexity index is 749. The molecule has 2 rings (SSSR count). The number of thiazole rings is 1. The third-order valence-corrected chi connectivity index (χ3v) is 8.63. The Morgan fingerprint density at radius 2 is 1.47 bits per heavy atom. The van der Waals surface area contributed by atoms with Crippen molar-refractivity contribution in [1.29, 1.82) is 0 Å². The number of hydrogen-bond donors (Lipinski definition) is 1. The lowest BCUT2D eigenvalue weighted by Gasteiger charge is -2.17. The van der Waals surface area contributed by atoms with Crippen LogP contribution in [-0.2, 0) is 20.0 Å². The number of aromatic nitrogens is 1. The molecule has 0 amide bonds. The van der Waals surface area contributed by atoms with Gasteiger partial charge < -0.3 is 14.0 Å². The van der Waals surface area contributed by atoms with Crippen molar-refractivity contribution in [1.82, 2.24) is 4.98 Å². The minimum atomic E-state index is -3.61. The molecule has 0 aliphatic rings. The average molecular weight is 544 g/mol. The van der Waals surface area contributed by atoms with Crippen molar-refractivity contribution in [3.05, 3.63) is 35.0 Å². The molecule has 36 heavy (non-hydrogen) atoms. The number of aryl methyl sites for hydroxylation is 1. The quantitative estimate of drug-likeness (QED) is 0.0961. The number of furan rings is 1. The van der Waals surface area contributed by atoms with E-state index in [0.717, 1.165) is 24.8 Å². The van der Waals surface area contributed by atoms with Gasteiger partial charge in [-0.1, -0.05) is 103 Å². The molecule has 0 aliphatic heterocycles. The first-order valence-corrected chi connectivity index (χ1v) is 16.4. The Kier molecular flexibility index (Phi) is 20.2. The van der Waals surface area contributed by atoms with Gasteiger partial charge in [0.15, 0.2) is 6.29 Å². The third kappa shape index (κ3) is 16.0. The molecule has 0 saturated heterocycles. The van der Waals surface area contributed by atoms with Crippen LogP contribution in [0.4, 0.5) is 0 Å². The van der Waals surface area contributed by atoms with Crippen molar-refractivity contribution in [3.8, 4) is 0 Å². The number of unbranched alkanes of at least 4 members (excludes halogenated alkanes) is 15. The van der Waals surface area contributed by atoms with Crippen LogP contribution >= 0.6 is 18.9 Å². The SMILES string of the molecule is CCCCCCCCCCCCCCCCCCc1ccoc1P(=O)(OC)OC(C)O.c1cscn1. The molecular formula is C28H50NO5PS. The lowest BCUT2D eigenvalue weighted by molar-refractivity contribution is -0.00864.